The number of nitrogens with zero attached hydrogens (tertiary/aromatic N) is 1. The third-order valence-electron chi connectivity index (χ3n) is 5.66. The molecule has 5 rings (SSSR count). The number of carbonyl (C=O) groups excluding carboxylic acids is 1. The first-order valence-corrected chi connectivity index (χ1v) is 11.6. The average molecular weight is 489 g/mol. The lowest BCUT2D eigenvalue weighted by Crippen LogP contribution is -2.23. The Labute approximate surface area is 213 Å². The minimum atomic E-state index is -0.306. The standard InChI is InChI=1S/C28H20BN3O3S/c29-20-9-6-18(7-10-20)17-32-27(34)24-15-8-19(16-25(24)31-28(32)36)26(33)30-21-11-13-23(14-12-21)35-22-4-2-1-3-5-22/h1-16H,17H2,(H,30,33)(H,31,36). The molecule has 0 saturated carbocycles. The van der Waals surface area contributed by atoms with Crippen LogP contribution in [0.25, 0.3) is 10.9 Å². The predicted octanol–water partition coefficient (Wildman–Crippen LogP) is 4.95. The molecule has 2 radical (unpaired) electrons. The highest BCUT2D eigenvalue weighted by Crippen LogP contribution is 2.23. The molecule has 0 bridgehead atoms. The molecule has 6 nitrogen and oxygen atoms in total. The summed E-state index contributed by atoms with van der Waals surface area (Å²) in [5, 5.41) is 3.31. The molecule has 0 aliphatic rings. The zero-order chi connectivity index (χ0) is 25.1. The molecule has 0 spiro atoms. The fourth-order valence-corrected chi connectivity index (χ4v) is 4.04. The molecule has 4 aromatic carbocycles. The Morgan fingerprint density at radius 3 is 2.33 bits per heavy atom. The molecule has 0 atom stereocenters. The molecular weight excluding hydrogens is 469 g/mol. The Morgan fingerprint density at radius 1 is 0.917 bits per heavy atom. The lowest BCUT2D eigenvalue weighted by Gasteiger charge is -2.10. The van der Waals surface area contributed by atoms with E-state index in [4.69, 9.17) is 24.8 Å². The van der Waals surface area contributed by atoms with E-state index in [0.29, 0.717) is 39.9 Å². The number of ether oxygens (including phenoxy) is 1. The van der Waals surface area contributed by atoms with Crippen LogP contribution in [-0.2, 0) is 6.54 Å². The van der Waals surface area contributed by atoms with Gasteiger partial charge in [-0.2, -0.15) is 0 Å². The molecular formula is C28H20BN3O3S. The molecule has 0 saturated heterocycles. The summed E-state index contributed by atoms with van der Waals surface area (Å²) in [5.74, 6) is 1.09. The van der Waals surface area contributed by atoms with E-state index >= 15 is 0 Å². The Bertz CT molecular complexity index is 1660. The zero-order valence-corrected chi connectivity index (χ0v) is 19.9. The van der Waals surface area contributed by atoms with Crippen molar-refractivity contribution in [1.29, 1.82) is 0 Å². The summed E-state index contributed by atoms with van der Waals surface area (Å²) < 4.78 is 7.54. The van der Waals surface area contributed by atoms with Crippen molar-refractivity contribution in [3.63, 3.8) is 0 Å². The fraction of sp³-hybridized carbons (Fsp3) is 0.0357. The smallest absolute Gasteiger partial charge is 0.262 e. The van der Waals surface area contributed by atoms with Gasteiger partial charge < -0.3 is 15.0 Å². The van der Waals surface area contributed by atoms with Crippen LogP contribution in [0.15, 0.2) is 102 Å². The first-order valence-electron chi connectivity index (χ1n) is 11.2. The molecule has 36 heavy (non-hydrogen) atoms. The molecule has 0 unspecified atom stereocenters. The number of fused-ring (bicyclic) bond motifs is 1. The topological polar surface area (TPSA) is 76.1 Å². The minimum Gasteiger partial charge on any atom is -0.457 e. The van der Waals surface area contributed by atoms with Crippen LogP contribution in [0.2, 0.25) is 0 Å². The Hall–Kier alpha value is -4.43. The molecule has 5 aromatic rings. The lowest BCUT2D eigenvalue weighted by molar-refractivity contribution is 0.102. The van der Waals surface area contributed by atoms with Gasteiger partial charge in [0.2, 0.25) is 0 Å². The fourth-order valence-electron chi connectivity index (χ4n) is 3.78. The number of para-hydroxylation sites is 1. The van der Waals surface area contributed by atoms with Gasteiger partial charge in [0, 0.05) is 11.3 Å². The van der Waals surface area contributed by atoms with E-state index in [-0.39, 0.29) is 16.2 Å². The van der Waals surface area contributed by atoms with Gasteiger partial charge >= 0.3 is 0 Å². The summed E-state index contributed by atoms with van der Waals surface area (Å²) in [6.45, 7) is 0.316. The van der Waals surface area contributed by atoms with Gasteiger partial charge in [-0.3, -0.25) is 14.2 Å². The number of rotatable bonds is 6. The normalized spacial score (nSPS) is 10.8. The second-order valence-electron chi connectivity index (χ2n) is 8.22. The van der Waals surface area contributed by atoms with E-state index in [1.165, 1.54) is 4.57 Å². The van der Waals surface area contributed by atoms with Gasteiger partial charge in [0.25, 0.3) is 11.5 Å². The Kier molecular flexibility index (Phi) is 6.51. The van der Waals surface area contributed by atoms with E-state index in [1.54, 1.807) is 54.6 Å². The third kappa shape index (κ3) is 5.14. The molecule has 8 heteroatoms. The van der Waals surface area contributed by atoms with Gasteiger partial charge in [0.15, 0.2) is 4.77 Å². The van der Waals surface area contributed by atoms with E-state index < -0.39 is 0 Å². The summed E-state index contributed by atoms with van der Waals surface area (Å²) >= 11 is 5.44. The maximum Gasteiger partial charge on any atom is 0.262 e. The summed E-state index contributed by atoms with van der Waals surface area (Å²) in [6, 6.07) is 28.7. The predicted molar refractivity (Wildman–Crippen MR) is 145 cm³/mol. The quantitative estimate of drug-likeness (QED) is 0.262. The average Bonchev–Trinajstić information content (AvgIpc) is 2.89. The second-order valence-corrected chi connectivity index (χ2v) is 8.60. The van der Waals surface area contributed by atoms with Crippen molar-refractivity contribution >= 4 is 48.0 Å². The van der Waals surface area contributed by atoms with Gasteiger partial charge in [0.1, 0.15) is 19.3 Å². The van der Waals surface area contributed by atoms with Crippen LogP contribution in [0.4, 0.5) is 5.69 Å². The molecule has 174 valence electrons. The van der Waals surface area contributed by atoms with Crippen LogP contribution in [0.1, 0.15) is 15.9 Å². The number of benzene rings is 4. The molecule has 1 aromatic heterocycles. The van der Waals surface area contributed by atoms with Crippen molar-refractivity contribution < 1.29 is 9.53 Å². The van der Waals surface area contributed by atoms with Crippen molar-refractivity contribution in [2.24, 2.45) is 0 Å². The van der Waals surface area contributed by atoms with Crippen molar-refractivity contribution in [2.75, 3.05) is 5.32 Å². The first-order chi connectivity index (χ1) is 17.5. The van der Waals surface area contributed by atoms with Crippen LogP contribution in [0.5, 0.6) is 11.5 Å². The Balaban J connectivity index is 1.34. The highest BCUT2D eigenvalue weighted by Gasteiger charge is 2.11. The highest BCUT2D eigenvalue weighted by molar-refractivity contribution is 7.71. The van der Waals surface area contributed by atoms with Crippen molar-refractivity contribution in [3.8, 4) is 11.5 Å². The van der Waals surface area contributed by atoms with Gasteiger partial charge in [-0.1, -0.05) is 47.9 Å². The van der Waals surface area contributed by atoms with E-state index in [2.05, 4.69) is 10.3 Å². The summed E-state index contributed by atoms with van der Waals surface area (Å²) in [6.07, 6.45) is 0. The van der Waals surface area contributed by atoms with Crippen LogP contribution >= 0.6 is 12.2 Å². The lowest BCUT2D eigenvalue weighted by atomic mass is 9.95. The van der Waals surface area contributed by atoms with Crippen molar-refractivity contribution in [1.82, 2.24) is 9.55 Å². The molecule has 1 heterocycles. The number of hydrogen-bond acceptors (Lipinski definition) is 4. The monoisotopic (exact) mass is 489 g/mol. The van der Waals surface area contributed by atoms with Crippen LogP contribution < -0.4 is 21.1 Å². The maximum absolute atomic E-state index is 13.1. The van der Waals surface area contributed by atoms with Crippen molar-refractivity contribution in [3.05, 3.63) is 123 Å². The maximum atomic E-state index is 13.1. The van der Waals surface area contributed by atoms with Crippen molar-refractivity contribution in [2.45, 2.75) is 6.54 Å². The number of aromatic nitrogens is 2. The second kappa shape index (κ2) is 10.1. The van der Waals surface area contributed by atoms with E-state index in [0.717, 1.165) is 11.3 Å². The first kappa shape index (κ1) is 23.3. The Morgan fingerprint density at radius 2 is 1.61 bits per heavy atom. The molecule has 2 N–H and O–H groups in total. The summed E-state index contributed by atoms with van der Waals surface area (Å²) in [7, 11) is 5.74. The zero-order valence-electron chi connectivity index (χ0n) is 19.1. The van der Waals surface area contributed by atoms with E-state index in [9.17, 15) is 9.59 Å². The molecule has 1 amide bonds. The minimum absolute atomic E-state index is 0.230. The third-order valence-corrected chi connectivity index (χ3v) is 5.98. The van der Waals surface area contributed by atoms with Gasteiger partial charge in [0.05, 0.1) is 17.4 Å². The molecule has 0 aliphatic carbocycles. The van der Waals surface area contributed by atoms with E-state index in [1.807, 2.05) is 42.5 Å². The number of hydrogen-bond donors (Lipinski definition) is 2. The summed E-state index contributed by atoms with van der Waals surface area (Å²) in [4.78, 5) is 29.0. The number of aromatic amines is 1. The number of nitrogens with one attached hydrogen (secondary N) is 2. The van der Waals surface area contributed by atoms with Gasteiger partial charge in [-0.05, 0) is 72.4 Å². The number of anilines is 1. The largest absolute Gasteiger partial charge is 0.457 e. The van der Waals surface area contributed by atoms with Gasteiger partial charge in [-0.25, -0.2) is 0 Å². The van der Waals surface area contributed by atoms with Gasteiger partial charge in [-0.15, -0.1) is 0 Å². The molecule has 0 aliphatic heterocycles. The van der Waals surface area contributed by atoms with Crippen LogP contribution in [0, 0.1) is 4.77 Å². The van der Waals surface area contributed by atoms with Crippen LogP contribution in [0.3, 0.4) is 0 Å². The van der Waals surface area contributed by atoms with Crippen LogP contribution in [-0.4, -0.2) is 23.3 Å². The highest BCUT2D eigenvalue weighted by atomic mass is 32.1. The number of carbonyl (C=O) groups is 1. The molecule has 0 fully saturated rings. The number of H-pyrrole nitrogens is 1. The number of amides is 1. The summed E-state index contributed by atoms with van der Waals surface area (Å²) in [5.41, 5.74) is 2.84. The SMILES string of the molecule is [B]c1ccc(Cn2c(=S)[nH]c3cc(C(=O)Nc4ccc(Oc5ccccc5)cc4)ccc3c2=O)cc1.